The number of hydrogen-bond acceptors (Lipinski definition) is 3. The summed E-state index contributed by atoms with van der Waals surface area (Å²) in [5.41, 5.74) is 1.34. The summed E-state index contributed by atoms with van der Waals surface area (Å²) in [6.07, 6.45) is 10.2. The molecule has 0 atom stereocenters. The fourth-order valence-electron chi connectivity index (χ4n) is 4.48. The Kier molecular flexibility index (Phi) is 7.67. The highest BCUT2D eigenvalue weighted by Crippen LogP contribution is 2.30. The molecule has 0 aromatic heterocycles. The van der Waals surface area contributed by atoms with Crippen molar-refractivity contribution >= 4 is 29.1 Å². The maximum atomic E-state index is 12.6. The Morgan fingerprint density at radius 2 is 1.31 bits per heavy atom. The molecule has 2 aliphatic rings. The molecule has 1 aromatic carbocycles. The van der Waals surface area contributed by atoms with Crippen molar-refractivity contribution in [3.05, 3.63) is 24.3 Å². The molecular weight excluding hydrogens is 366 g/mol. The van der Waals surface area contributed by atoms with E-state index in [-0.39, 0.29) is 29.6 Å². The number of nitrogens with one attached hydrogen (secondary N) is 3. The Bertz CT molecular complexity index is 718. The molecule has 2 aliphatic carbocycles. The lowest BCUT2D eigenvalue weighted by molar-refractivity contribution is -0.129. The minimum absolute atomic E-state index is 0.00685. The van der Waals surface area contributed by atoms with Crippen LogP contribution in [0, 0.1) is 11.8 Å². The Morgan fingerprint density at radius 1 is 0.759 bits per heavy atom. The molecule has 0 spiro atoms. The van der Waals surface area contributed by atoms with Crippen molar-refractivity contribution in [1.29, 1.82) is 0 Å². The van der Waals surface area contributed by atoms with Gasteiger partial charge >= 0.3 is 0 Å². The Balaban J connectivity index is 1.45. The fourth-order valence-corrected chi connectivity index (χ4v) is 4.48. The molecule has 1 aromatic rings. The van der Waals surface area contributed by atoms with Crippen molar-refractivity contribution in [3.63, 3.8) is 0 Å². The van der Waals surface area contributed by atoms with E-state index in [9.17, 15) is 14.4 Å². The van der Waals surface area contributed by atoms with Gasteiger partial charge in [0.2, 0.25) is 17.7 Å². The first-order valence-corrected chi connectivity index (χ1v) is 11.0. The topological polar surface area (TPSA) is 87.3 Å². The zero-order valence-corrected chi connectivity index (χ0v) is 17.3. The average molecular weight is 400 g/mol. The van der Waals surface area contributed by atoms with E-state index in [1.165, 1.54) is 32.6 Å². The van der Waals surface area contributed by atoms with Crippen molar-refractivity contribution in [2.45, 2.75) is 77.2 Å². The lowest BCUT2D eigenvalue weighted by atomic mass is 9.81. The van der Waals surface area contributed by atoms with Gasteiger partial charge in [-0.3, -0.25) is 14.4 Å². The van der Waals surface area contributed by atoms with Gasteiger partial charge in [0.15, 0.2) is 0 Å². The zero-order valence-electron chi connectivity index (χ0n) is 17.3. The summed E-state index contributed by atoms with van der Waals surface area (Å²) in [4.78, 5) is 36.5. The van der Waals surface area contributed by atoms with Crippen molar-refractivity contribution in [3.8, 4) is 0 Å². The van der Waals surface area contributed by atoms with E-state index < -0.39 is 0 Å². The van der Waals surface area contributed by atoms with Crippen molar-refractivity contribution in [2.75, 3.05) is 10.6 Å². The van der Waals surface area contributed by atoms with Crippen LogP contribution in [-0.4, -0.2) is 23.8 Å². The molecule has 0 unspecified atom stereocenters. The van der Waals surface area contributed by atoms with E-state index in [2.05, 4.69) is 16.0 Å². The number of hydrogen-bond donors (Lipinski definition) is 3. The number of benzene rings is 1. The first-order valence-electron chi connectivity index (χ1n) is 11.0. The van der Waals surface area contributed by atoms with Gasteiger partial charge in [-0.2, -0.15) is 0 Å². The minimum Gasteiger partial charge on any atom is -0.353 e. The first-order chi connectivity index (χ1) is 14.0. The monoisotopic (exact) mass is 399 g/mol. The molecule has 0 saturated heterocycles. The molecule has 3 amide bonds. The molecule has 158 valence electrons. The quantitative estimate of drug-likeness (QED) is 0.648. The highest BCUT2D eigenvalue weighted by molar-refractivity contribution is 5.94. The summed E-state index contributed by atoms with van der Waals surface area (Å²) in [5.74, 6) is -0.00737. The second-order valence-electron chi connectivity index (χ2n) is 8.50. The van der Waals surface area contributed by atoms with Crippen LogP contribution < -0.4 is 16.0 Å². The van der Waals surface area contributed by atoms with Crippen LogP contribution in [0.4, 0.5) is 11.4 Å². The Labute approximate surface area is 173 Å². The van der Waals surface area contributed by atoms with Crippen LogP contribution in [0.5, 0.6) is 0 Å². The smallest absolute Gasteiger partial charge is 0.227 e. The maximum absolute atomic E-state index is 12.6. The van der Waals surface area contributed by atoms with Crippen molar-refractivity contribution in [1.82, 2.24) is 5.32 Å². The molecule has 0 heterocycles. The largest absolute Gasteiger partial charge is 0.353 e. The van der Waals surface area contributed by atoms with Gasteiger partial charge in [-0.25, -0.2) is 0 Å². The van der Waals surface area contributed by atoms with Gasteiger partial charge in [-0.1, -0.05) is 31.7 Å². The third-order valence-corrected chi connectivity index (χ3v) is 6.12. The Hall–Kier alpha value is -2.37. The maximum Gasteiger partial charge on any atom is 0.227 e. The van der Waals surface area contributed by atoms with Gasteiger partial charge in [0.25, 0.3) is 0 Å². The van der Waals surface area contributed by atoms with E-state index in [4.69, 9.17) is 0 Å². The molecule has 0 aliphatic heterocycles. The summed E-state index contributed by atoms with van der Waals surface area (Å²) in [6, 6.07) is 7.49. The minimum atomic E-state index is -0.145. The highest BCUT2D eigenvalue weighted by Gasteiger charge is 2.31. The molecule has 0 radical (unpaired) electrons. The summed E-state index contributed by atoms with van der Waals surface area (Å²) in [6.45, 7) is 1.45. The molecule has 3 rings (SSSR count). The summed E-state index contributed by atoms with van der Waals surface area (Å²) >= 11 is 0. The molecule has 0 bridgehead atoms. The van der Waals surface area contributed by atoms with E-state index in [0.717, 1.165) is 38.5 Å². The lowest BCUT2D eigenvalue weighted by Gasteiger charge is -2.28. The van der Waals surface area contributed by atoms with Crippen LogP contribution in [0.1, 0.15) is 71.1 Å². The summed E-state index contributed by atoms with van der Waals surface area (Å²) in [7, 11) is 0. The molecule has 3 N–H and O–H groups in total. The van der Waals surface area contributed by atoms with Crippen molar-refractivity contribution < 1.29 is 14.4 Å². The summed E-state index contributed by atoms with van der Waals surface area (Å²) < 4.78 is 0. The molecule has 6 nitrogen and oxygen atoms in total. The number of carbonyl (C=O) groups is 3. The van der Waals surface area contributed by atoms with Gasteiger partial charge in [-0.15, -0.1) is 0 Å². The average Bonchev–Trinajstić information content (AvgIpc) is 2.96. The normalized spacial score (nSPS) is 22.9. The second kappa shape index (κ2) is 10.4. The van der Waals surface area contributed by atoms with Crippen LogP contribution >= 0.6 is 0 Å². The van der Waals surface area contributed by atoms with Crippen molar-refractivity contribution in [2.24, 2.45) is 11.8 Å². The van der Waals surface area contributed by atoms with Crippen LogP contribution in [0.3, 0.4) is 0 Å². The van der Waals surface area contributed by atoms with Crippen LogP contribution in [0.25, 0.3) is 0 Å². The number of anilines is 2. The first kappa shape index (κ1) is 21.3. The van der Waals surface area contributed by atoms with Crippen LogP contribution in [0.15, 0.2) is 24.3 Å². The zero-order chi connectivity index (χ0) is 20.6. The van der Waals surface area contributed by atoms with E-state index in [1.54, 1.807) is 18.2 Å². The third kappa shape index (κ3) is 6.58. The van der Waals surface area contributed by atoms with E-state index in [1.807, 2.05) is 6.07 Å². The van der Waals surface area contributed by atoms with E-state index >= 15 is 0 Å². The molecule has 6 heteroatoms. The summed E-state index contributed by atoms with van der Waals surface area (Å²) in [5, 5.41) is 8.93. The predicted molar refractivity (Wildman–Crippen MR) is 114 cm³/mol. The molecule has 29 heavy (non-hydrogen) atoms. The van der Waals surface area contributed by atoms with Crippen LogP contribution in [-0.2, 0) is 14.4 Å². The van der Waals surface area contributed by atoms with Gasteiger partial charge in [0.1, 0.15) is 0 Å². The predicted octanol–water partition coefficient (Wildman–Crippen LogP) is 4.23. The van der Waals surface area contributed by atoms with Gasteiger partial charge in [0.05, 0.1) is 0 Å². The number of carbonyl (C=O) groups excluding carboxylic acids is 3. The third-order valence-electron chi connectivity index (χ3n) is 6.12. The number of amides is 3. The molecule has 2 saturated carbocycles. The molecular formula is C23H33N3O3. The Morgan fingerprint density at radius 3 is 1.90 bits per heavy atom. The molecule has 2 fully saturated rings. The van der Waals surface area contributed by atoms with Gasteiger partial charge in [0, 0.05) is 36.2 Å². The highest BCUT2D eigenvalue weighted by atomic mass is 16.2. The standard InChI is InChI=1S/C23H33N3O3/c1-16(27)24-20-9-6-10-21(15-20)26-23(29)18-13-11-17(12-14-18)22(28)25-19-7-4-2-3-5-8-19/h6,9-10,15,17-19H,2-5,7-8,11-14H2,1H3,(H,24,27)(H,25,28)(H,26,29). The van der Waals surface area contributed by atoms with Gasteiger partial charge in [-0.05, 0) is 56.7 Å². The fraction of sp³-hybridized carbons (Fsp3) is 0.609. The number of rotatable bonds is 5. The van der Waals surface area contributed by atoms with Crippen LogP contribution in [0.2, 0.25) is 0 Å². The van der Waals surface area contributed by atoms with Gasteiger partial charge < -0.3 is 16.0 Å². The lowest BCUT2D eigenvalue weighted by Crippen LogP contribution is -2.40. The van der Waals surface area contributed by atoms with E-state index in [0.29, 0.717) is 17.4 Å². The SMILES string of the molecule is CC(=O)Nc1cccc(NC(=O)C2CCC(C(=O)NC3CCCCCC3)CC2)c1. The second-order valence-corrected chi connectivity index (χ2v) is 8.50.